The maximum Gasteiger partial charge on any atom is 0.270 e. The van der Waals surface area contributed by atoms with Gasteiger partial charge in [0.2, 0.25) is 0 Å². The molecule has 0 bridgehead atoms. The number of nitro groups is 1. The summed E-state index contributed by atoms with van der Waals surface area (Å²) >= 11 is 0. The third kappa shape index (κ3) is 1.59. The number of anilines is 1. The molecule has 0 unspecified atom stereocenters. The molecule has 0 fully saturated rings. The molecule has 0 spiro atoms. The van der Waals surface area contributed by atoms with Crippen LogP contribution in [-0.2, 0) is 0 Å². The zero-order valence-electron chi connectivity index (χ0n) is 6.52. The third-order valence-corrected chi connectivity index (χ3v) is 1.53. The summed E-state index contributed by atoms with van der Waals surface area (Å²) in [6.07, 6.45) is 0. The average Bonchev–Trinajstić information content (AvgIpc) is 2.09. The highest BCUT2D eigenvalue weighted by Gasteiger charge is 2.11. The molecule has 2 N–H and O–H groups in total. The Morgan fingerprint density at radius 3 is 2.69 bits per heavy atom. The van der Waals surface area contributed by atoms with Crippen LogP contribution in [0.4, 0.5) is 11.4 Å². The predicted octanol–water partition coefficient (Wildman–Crippen LogP) is -0.158. The Hall–Kier alpha value is -2.03. The van der Waals surface area contributed by atoms with Gasteiger partial charge in [-0.2, -0.15) is 5.26 Å². The van der Waals surface area contributed by atoms with Crippen molar-refractivity contribution in [3.63, 3.8) is 0 Å². The number of non-ortho nitro benzene ring substituents is 1. The lowest BCUT2D eigenvalue weighted by Crippen LogP contribution is -2.12. The van der Waals surface area contributed by atoms with E-state index in [1.807, 2.05) is 0 Å². The predicted molar refractivity (Wildman–Crippen MR) is 47.6 cm³/mol. The normalized spacial score (nSPS) is 9.15. The van der Waals surface area contributed by atoms with Crippen molar-refractivity contribution in [1.82, 2.24) is 0 Å². The number of benzene rings is 1. The minimum absolute atomic E-state index is 0.0201. The van der Waals surface area contributed by atoms with Crippen molar-refractivity contribution in [2.45, 2.75) is 0 Å². The Labute approximate surface area is 75.3 Å². The molecule has 1 rings (SSSR count). The maximum absolute atomic E-state index is 10.3. The van der Waals surface area contributed by atoms with E-state index in [-0.39, 0.29) is 22.4 Å². The van der Waals surface area contributed by atoms with Crippen molar-refractivity contribution < 1.29 is 4.92 Å². The van der Waals surface area contributed by atoms with Gasteiger partial charge in [0.1, 0.15) is 13.9 Å². The molecule has 1 aromatic carbocycles. The molecule has 0 aliphatic heterocycles. The summed E-state index contributed by atoms with van der Waals surface area (Å²) in [6, 6.07) is 3.93. The standard InChI is InChI=1S/C7H4BN3O2/c8-6-2-5(11(12)13)1-4(3-9)7(6)10/h1-2H,10H2. The molecule has 6 heteroatoms. The first-order valence-corrected chi connectivity index (χ1v) is 3.29. The Balaban J connectivity index is 3.41. The van der Waals surface area contributed by atoms with Crippen LogP contribution < -0.4 is 11.2 Å². The zero-order chi connectivity index (χ0) is 10.0. The molecule has 0 saturated heterocycles. The Kier molecular flexibility index (Phi) is 2.20. The van der Waals surface area contributed by atoms with Gasteiger partial charge in [-0.1, -0.05) is 5.46 Å². The molecule has 0 saturated carbocycles. The first kappa shape index (κ1) is 9.07. The Morgan fingerprint density at radius 1 is 1.62 bits per heavy atom. The molecule has 0 atom stereocenters. The fourth-order valence-electron chi connectivity index (χ4n) is 0.858. The molecule has 5 nitrogen and oxygen atoms in total. The van der Waals surface area contributed by atoms with Crippen LogP contribution >= 0.6 is 0 Å². The highest BCUT2D eigenvalue weighted by Crippen LogP contribution is 2.15. The van der Waals surface area contributed by atoms with Gasteiger partial charge in [0.15, 0.2) is 0 Å². The molecule has 0 heterocycles. The van der Waals surface area contributed by atoms with Crippen LogP contribution in [0.5, 0.6) is 0 Å². The molecule has 1 aromatic rings. The Morgan fingerprint density at radius 2 is 2.23 bits per heavy atom. The summed E-state index contributed by atoms with van der Waals surface area (Å²) in [7, 11) is 5.35. The molecule has 0 amide bonds. The molecular weight excluding hydrogens is 169 g/mol. The highest BCUT2D eigenvalue weighted by atomic mass is 16.6. The van der Waals surface area contributed by atoms with E-state index in [0.717, 1.165) is 12.1 Å². The van der Waals surface area contributed by atoms with E-state index in [4.69, 9.17) is 18.8 Å². The van der Waals surface area contributed by atoms with Crippen LogP contribution in [0.25, 0.3) is 0 Å². The van der Waals surface area contributed by atoms with Crippen LogP contribution in [-0.4, -0.2) is 12.8 Å². The smallest absolute Gasteiger partial charge is 0.270 e. The van der Waals surface area contributed by atoms with E-state index in [1.165, 1.54) is 0 Å². The highest BCUT2D eigenvalue weighted by molar-refractivity contribution is 6.36. The van der Waals surface area contributed by atoms with Crippen molar-refractivity contribution in [3.8, 4) is 6.07 Å². The number of hydrogen-bond acceptors (Lipinski definition) is 4. The van der Waals surface area contributed by atoms with Crippen molar-refractivity contribution in [2.75, 3.05) is 5.73 Å². The summed E-state index contributed by atoms with van der Waals surface area (Å²) in [4.78, 5) is 9.70. The number of nitrogens with zero attached hydrogens (tertiary/aromatic N) is 2. The number of rotatable bonds is 1. The molecule has 62 valence electrons. The average molecular weight is 173 g/mol. The molecule has 2 radical (unpaired) electrons. The number of nitrogens with two attached hydrogens (primary N) is 1. The minimum Gasteiger partial charge on any atom is -0.398 e. The summed E-state index contributed by atoms with van der Waals surface area (Å²) in [5.74, 6) is 0. The van der Waals surface area contributed by atoms with Crippen LogP contribution in [0, 0.1) is 21.4 Å². The largest absolute Gasteiger partial charge is 0.398 e. The van der Waals surface area contributed by atoms with Crippen molar-refractivity contribution in [3.05, 3.63) is 27.8 Å². The van der Waals surface area contributed by atoms with Crippen LogP contribution in [0.3, 0.4) is 0 Å². The van der Waals surface area contributed by atoms with Gasteiger partial charge in [0.25, 0.3) is 5.69 Å². The van der Waals surface area contributed by atoms with E-state index in [2.05, 4.69) is 0 Å². The number of nitro benzene ring substituents is 1. The zero-order valence-corrected chi connectivity index (χ0v) is 6.52. The second kappa shape index (κ2) is 3.15. The fraction of sp³-hybridized carbons (Fsp3) is 0. The number of hydrogen-bond donors (Lipinski definition) is 1. The van der Waals surface area contributed by atoms with Crippen LogP contribution in [0.1, 0.15) is 5.56 Å². The lowest BCUT2D eigenvalue weighted by atomic mass is 9.91. The lowest BCUT2D eigenvalue weighted by molar-refractivity contribution is -0.384. The van der Waals surface area contributed by atoms with E-state index in [0.29, 0.717) is 0 Å². The van der Waals surface area contributed by atoms with Gasteiger partial charge < -0.3 is 5.73 Å². The second-order valence-corrected chi connectivity index (χ2v) is 2.37. The van der Waals surface area contributed by atoms with Gasteiger partial charge in [0, 0.05) is 17.8 Å². The Bertz CT molecular complexity index is 411. The van der Waals surface area contributed by atoms with Gasteiger partial charge in [-0.05, 0) is 0 Å². The van der Waals surface area contributed by atoms with Gasteiger partial charge >= 0.3 is 0 Å². The summed E-state index contributed by atoms with van der Waals surface area (Å²) in [5, 5.41) is 18.9. The van der Waals surface area contributed by atoms with Gasteiger partial charge in [-0.15, -0.1) is 0 Å². The minimum atomic E-state index is -0.628. The first-order chi connectivity index (χ1) is 6.06. The fourth-order valence-corrected chi connectivity index (χ4v) is 0.858. The van der Waals surface area contributed by atoms with Crippen LogP contribution in [0.15, 0.2) is 12.1 Å². The van der Waals surface area contributed by atoms with Crippen molar-refractivity contribution in [1.29, 1.82) is 5.26 Å². The first-order valence-electron chi connectivity index (χ1n) is 3.29. The van der Waals surface area contributed by atoms with Crippen molar-refractivity contribution in [2.24, 2.45) is 0 Å². The van der Waals surface area contributed by atoms with Crippen molar-refractivity contribution >= 4 is 24.7 Å². The quantitative estimate of drug-likeness (QED) is 0.276. The van der Waals surface area contributed by atoms with Gasteiger partial charge in [0.05, 0.1) is 10.5 Å². The topological polar surface area (TPSA) is 93.0 Å². The SMILES string of the molecule is [B]c1cc([N+](=O)[O-])cc(C#N)c1N. The van der Waals surface area contributed by atoms with E-state index >= 15 is 0 Å². The maximum atomic E-state index is 10.3. The van der Waals surface area contributed by atoms with E-state index in [1.54, 1.807) is 6.07 Å². The lowest BCUT2D eigenvalue weighted by Gasteiger charge is -2.01. The monoisotopic (exact) mass is 173 g/mol. The molecular formula is C7H4BN3O2. The molecule has 0 aliphatic rings. The molecule has 0 aromatic heterocycles. The number of nitriles is 1. The van der Waals surface area contributed by atoms with E-state index in [9.17, 15) is 10.1 Å². The third-order valence-electron chi connectivity index (χ3n) is 1.53. The molecule has 13 heavy (non-hydrogen) atoms. The van der Waals surface area contributed by atoms with Gasteiger partial charge in [-0.25, -0.2) is 0 Å². The van der Waals surface area contributed by atoms with Crippen LogP contribution in [0.2, 0.25) is 0 Å². The van der Waals surface area contributed by atoms with E-state index < -0.39 is 4.92 Å². The second-order valence-electron chi connectivity index (χ2n) is 2.37. The summed E-state index contributed by atoms with van der Waals surface area (Å²) in [6.45, 7) is 0. The van der Waals surface area contributed by atoms with Gasteiger partial charge in [-0.3, -0.25) is 10.1 Å². The summed E-state index contributed by atoms with van der Waals surface area (Å²) < 4.78 is 0. The molecule has 0 aliphatic carbocycles. The summed E-state index contributed by atoms with van der Waals surface area (Å²) in [5.41, 5.74) is 5.30. The number of nitrogen functional groups attached to an aromatic ring is 1.